The van der Waals surface area contributed by atoms with Gasteiger partial charge in [0.15, 0.2) is 4.34 Å². The molecule has 0 amide bonds. The highest BCUT2D eigenvalue weighted by Gasteiger charge is 2.06. The third-order valence-electron chi connectivity index (χ3n) is 2.87. The Balaban J connectivity index is 1.72. The highest BCUT2D eigenvalue weighted by Crippen LogP contribution is 2.28. The van der Waals surface area contributed by atoms with Crippen LogP contribution in [-0.2, 0) is 0 Å². The zero-order valence-corrected chi connectivity index (χ0v) is 12.9. The summed E-state index contributed by atoms with van der Waals surface area (Å²) in [6, 6.07) is 0. The van der Waals surface area contributed by atoms with Crippen LogP contribution in [0.15, 0.2) is 10.5 Å². The zero-order valence-electron chi connectivity index (χ0n) is 11.3. The SMILES string of the molecule is CCCCCCCCSc1nc2cnc(N)nc2s1. The van der Waals surface area contributed by atoms with Gasteiger partial charge in [0.25, 0.3) is 0 Å². The van der Waals surface area contributed by atoms with E-state index in [-0.39, 0.29) is 0 Å². The quantitative estimate of drug-likeness (QED) is 0.586. The first-order valence-corrected chi connectivity index (χ1v) is 8.61. The number of thioether (sulfide) groups is 1. The molecule has 0 aliphatic rings. The molecule has 0 aromatic carbocycles. The predicted molar refractivity (Wildman–Crippen MR) is 83.7 cm³/mol. The van der Waals surface area contributed by atoms with Crippen LogP contribution in [0.1, 0.15) is 45.4 Å². The molecule has 2 N–H and O–H groups in total. The van der Waals surface area contributed by atoms with Crippen molar-refractivity contribution >= 4 is 39.4 Å². The Labute approximate surface area is 122 Å². The number of hydrogen-bond acceptors (Lipinski definition) is 6. The molecular formula is C13H20N4S2. The van der Waals surface area contributed by atoms with Gasteiger partial charge in [-0.05, 0) is 6.42 Å². The van der Waals surface area contributed by atoms with Gasteiger partial charge in [-0.2, -0.15) is 0 Å². The van der Waals surface area contributed by atoms with Gasteiger partial charge in [-0.25, -0.2) is 15.0 Å². The van der Waals surface area contributed by atoms with E-state index >= 15 is 0 Å². The van der Waals surface area contributed by atoms with Crippen LogP contribution in [-0.4, -0.2) is 20.7 Å². The van der Waals surface area contributed by atoms with E-state index in [9.17, 15) is 0 Å². The molecule has 2 aromatic rings. The second-order valence-electron chi connectivity index (χ2n) is 4.51. The third-order valence-corrected chi connectivity index (χ3v) is 5.07. The molecule has 2 aromatic heterocycles. The molecule has 2 rings (SSSR count). The molecule has 0 bridgehead atoms. The lowest BCUT2D eigenvalue weighted by molar-refractivity contribution is 0.627. The van der Waals surface area contributed by atoms with Crippen LogP contribution in [0.25, 0.3) is 10.3 Å². The number of aromatic nitrogens is 3. The fourth-order valence-corrected chi connectivity index (χ4v) is 3.89. The molecule has 0 aliphatic heterocycles. The molecule has 0 radical (unpaired) electrons. The van der Waals surface area contributed by atoms with Crippen molar-refractivity contribution in [3.05, 3.63) is 6.20 Å². The van der Waals surface area contributed by atoms with E-state index in [1.165, 1.54) is 38.5 Å². The number of nitrogens with zero attached hydrogens (tertiary/aromatic N) is 3. The van der Waals surface area contributed by atoms with Crippen LogP contribution in [0, 0.1) is 0 Å². The topological polar surface area (TPSA) is 64.7 Å². The smallest absolute Gasteiger partial charge is 0.221 e. The first-order valence-electron chi connectivity index (χ1n) is 6.81. The lowest BCUT2D eigenvalue weighted by Gasteiger charge is -1.99. The van der Waals surface area contributed by atoms with Crippen molar-refractivity contribution in [2.24, 2.45) is 0 Å². The summed E-state index contributed by atoms with van der Waals surface area (Å²) >= 11 is 3.42. The molecule has 6 heteroatoms. The summed E-state index contributed by atoms with van der Waals surface area (Å²) in [5.74, 6) is 1.46. The molecule has 0 aliphatic carbocycles. The summed E-state index contributed by atoms with van der Waals surface area (Å²) in [5, 5.41) is 0. The van der Waals surface area contributed by atoms with Crippen LogP contribution < -0.4 is 5.73 Å². The average Bonchev–Trinajstić information content (AvgIpc) is 2.79. The van der Waals surface area contributed by atoms with E-state index in [0.29, 0.717) is 5.95 Å². The highest BCUT2D eigenvalue weighted by atomic mass is 32.2. The number of nitrogen functional groups attached to an aromatic ring is 1. The minimum absolute atomic E-state index is 0.323. The van der Waals surface area contributed by atoms with Gasteiger partial charge in [-0.15, -0.1) is 0 Å². The molecule has 19 heavy (non-hydrogen) atoms. The van der Waals surface area contributed by atoms with Crippen LogP contribution in [0.4, 0.5) is 5.95 Å². The maximum atomic E-state index is 5.56. The molecule has 0 unspecified atom stereocenters. The monoisotopic (exact) mass is 296 g/mol. The molecule has 0 saturated heterocycles. The standard InChI is InChI=1S/C13H20N4S2/c1-2-3-4-5-6-7-8-18-13-16-10-9-15-12(14)17-11(10)19-13/h9H,2-8H2,1H3,(H2,14,15,17). The molecule has 0 fully saturated rings. The number of rotatable bonds is 8. The number of hydrogen-bond donors (Lipinski definition) is 1. The summed E-state index contributed by atoms with van der Waals surface area (Å²) in [6.07, 6.45) is 9.69. The normalized spacial score (nSPS) is 11.2. The number of thiazole rings is 1. The van der Waals surface area contributed by atoms with Crippen molar-refractivity contribution in [3.63, 3.8) is 0 Å². The molecule has 2 heterocycles. The van der Waals surface area contributed by atoms with Crippen molar-refractivity contribution in [1.82, 2.24) is 15.0 Å². The van der Waals surface area contributed by atoms with Gasteiger partial charge in [0.05, 0.1) is 6.20 Å². The van der Waals surface area contributed by atoms with Gasteiger partial charge in [0, 0.05) is 5.75 Å². The Hall–Kier alpha value is -0.880. The minimum Gasteiger partial charge on any atom is -0.368 e. The molecule has 4 nitrogen and oxygen atoms in total. The number of unbranched alkanes of at least 4 members (excludes halogenated alkanes) is 5. The number of fused-ring (bicyclic) bond motifs is 1. The van der Waals surface area contributed by atoms with Crippen LogP contribution in [0.2, 0.25) is 0 Å². The van der Waals surface area contributed by atoms with Crippen molar-refractivity contribution in [3.8, 4) is 0 Å². The van der Waals surface area contributed by atoms with E-state index in [1.54, 1.807) is 17.5 Å². The summed E-state index contributed by atoms with van der Waals surface area (Å²) in [7, 11) is 0. The fourth-order valence-electron chi connectivity index (χ4n) is 1.83. The second kappa shape index (κ2) is 7.65. The third kappa shape index (κ3) is 4.62. The number of anilines is 1. The van der Waals surface area contributed by atoms with Crippen molar-refractivity contribution < 1.29 is 0 Å². The maximum Gasteiger partial charge on any atom is 0.221 e. The lowest BCUT2D eigenvalue weighted by atomic mass is 10.1. The Morgan fingerprint density at radius 3 is 2.79 bits per heavy atom. The van der Waals surface area contributed by atoms with Gasteiger partial charge >= 0.3 is 0 Å². The first-order chi connectivity index (χ1) is 9.29. The van der Waals surface area contributed by atoms with E-state index < -0.39 is 0 Å². The van der Waals surface area contributed by atoms with Crippen LogP contribution in [0.3, 0.4) is 0 Å². The summed E-state index contributed by atoms with van der Waals surface area (Å²) in [4.78, 5) is 13.5. The lowest BCUT2D eigenvalue weighted by Crippen LogP contribution is -1.92. The molecule has 104 valence electrons. The minimum atomic E-state index is 0.323. The number of nitrogens with two attached hydrogens (primary N) is 1. The predicted octanol–water partition coefficient (Wildman–Crippen LogP) is 4.12. The molecule has 0 atom stereocenters. The molecular weight excluding hydrogens is 276 g/mol. The van der Waals surface area contributed by atoms with Crippen LogP contribution >= 0.6 is 23.1 Å². The summed E-state index contributed by atoms with van der Waals surface area (Å²) < 4.78 is 1.07. The average molecular weight is 296 g/mol. The van der Waals surface area contributed by atoms with Gasteiger partial charge in [0.2, 0.25) is 5.95 Å². The van der Waals surface area contributed by atoms with Crippen molar-refractivity contribution in [2.45, 2.75) is 49.8 Å². The van der Waals surface area contributed by atoms with Gasteiger partial charge < -0.3 is 5.73 Å². The van der Waals surface area contributed by atoms with Gasteiger partial charge in [0.1, 0.15) is 10.3 Å². The molecule has 0 saturated carbocycles. The summed E-state index contributed by atoms with van der Waals surface area (Å²) in [5.41, 5.74) is 6.41. The second-order valence-corrected chi connectivity index (χ2v) is 6.83. The van der Waals surface area contributed by atoms with E-state index in [0.717, 1.165) is 20.4 Å². The Bertz CT molecular complexity index is 512. The van der Waals surface area contributed by atoms with E-state index in [1.807, 2.05) is 11.8 Å². The summed E-state index contributed by atoms with van der Waals surface area (Å²) in [6.45, 7) is 2.25. The van der Waals surface area contributed by atoms with Gasteiger partial charge in [-0.1, -0.05) is 62.1 Å². The Kier molecular flexibility index (Phi) is 5.85. The van der Waals surface area contributed by atoms with Crippen molar-refractivity contribution in [2.75, 3.05) is 11.5 Å². The Morgan fingerprint density at radius 1 is 1.16 bits per heavy atom. The maximum absolute atomic E-state index is 5.56. The Morgan fingerprint density at radius 2 is 1.95 bits per heavy atom. The first kappa shape index (κ1) is 14.5. The van der Waals surface area contributed by atoms with E-state index in [2.05, 4.69) is 21.9 Å². The highest BCUT2D eigenvalue weighted by molar-refractivity contribution is 8.01. The van der Waals surface area contributed by atoms with Gasteiger partial charge in [-0.3, -0.25) is 0 Å². The van der Waals surface area contributed by atoms with Crippen LogP contribution in [0.5, 0.6) is 0 Å². The molecule has 0 spiro atoms. The largest absolute Gasteiger partial charge is 0.368 e. The zero-order chi connectivity index (χ0) is 13.5. The fraction of sp³-hybridized carbons (Fsp3) is 0.615. The van der Waals surface area contributed by atoms with Crippen molar-refractivity contribution in [1.29, 1.82) is 0 Å². The van der Waals surface area contributed by atoms with E-state index in [4.69, 9.17) is 5.73 Å².